The molecule has 3 aromatic rings. The van der Waals surface area contributed by atoms with Crippen molar-refractivity contribution in [1.82, 2.24) is 10.3 Å². The highest BCUT2D eigenvalue weighted by Gasteiger charge is 2.30. The van der Waals surface area contributed by atoms with E-state index in [9.17, 15) is 22.8 Å². The molecule has 0 spiro atoms. The molecule has 8 heteroatoms. The van der Waals surface area contributed by atoms with Gasteiger partial charge in [-0.3, -0.25) is 9.59 Å². The first-order valence-corrected chi connectivity index (χ1v) is 10.2. The molecule has 0 aliphatic heterocycles. The van der Waals surface area contributed by atoms with Gasteiger partial charge in [0, 0.05) is 18.3 Å². The molecule has 0 aliphatic rings. The average Bonchev–Trinajstić information content (AvgIpc) is 3.24. The number of rotatable bonds is 8. The number of nitrogens with zero attached hydrogens (tertiary/aromatic N) is 1. The number of benzene rings is 2. The quantitative estimate of drug-likeness (QED) is 0.534. The molecule has 0 saturated carbocycles. The van der Waals surface area contributed by atoms with E-state index < -0.39 is 11.7 Å². The minimum atomic E-state index is -4.38. The lowest BCUT2D eigenvalue weighted by atomic mass is 10.0. The van der Waals surface area contributed by atoms with E-state index in [1.165, 1.54) is 17.4 Å². The van der Waals surface area contributed by atoms with Gasteiger partial charge in [-0.15, -0.1) is 11.3 Å². The highest BCUT2D eigenvalue weighted by Crippen LogP contribution is 2.29. The largest absolute Gasteiger partial charge is 0.416 e. The maximum atomic E-state index is 12.7. The summed E-state index contributed by atoms with van der Waals surface area (Å²) in [5, 5.41) is 4.43. The molecule has 4 nitrogen and oxygen atoms in total. The zero-order chi connectivity index (χ0) is 21.6. The van der Waals surface area contributed by atoms with Gasteiger partial charge in [0.2, 0.25) is 5.91 Å². The first-order valence-electron chi connectivity index (χ1n) is 9.23. The lowest BCUT2D eigenvalue weighted by Crippen LogP contribution is -2.27. The van der Waals surface area contributed by atoms with Gasteiger partial charge in [-0.2, -0.15) is 13.2 Å². The van der Waals surface area contributed by atoms with Gasteiger partial charge in [0.1, 0.15) is 5.69 Å². The molecule has 156 valence electrons. The fraction of sp³-hybridized carbons (Fsp3) is 0.227. The molecule has 0 unspecified atom stereocenters. The Bertz CT molecular complexity index is 1000. The summed E-state index contributed by atoms with van der Waals surface area (Å²) in [6, 6.07) is 12.3. The van der Waals surface area contributed by atoms with E-state index >= 15 is 0 Å². The minimum Gasteiger partial charge on any atom is -0.355 e. The molecule has 0 saturated heterocycles. The predicted octanol–water partition coefficient (Wildman–Crippen LogP) is 4.49. The number of carbonyl (C=O) groups is 2. The number of alkyl halides is 3. The third-order valence-electron chi connectivity index (χ3n) is 4.46. The lowest BCUT2D eigenvalue weighted by molar-refractivity contribution is -0.137. The Balaban J connectivity index is 1.45. The SMILES string of the molecule is O=C(Cc1ccc(CC(=O)c2cscn2)cc1)NCCc1cccc(C(F)(F)F)c1. The Hall–Kier alpha value is -3.00. The van der Waals surface area contributed by atoms with Crippen LogP contribution in [0.1, 0.15) is 32.7 Å². The Labute approximate surface area is 175 Å². The van der Waals surface area contributed by atoms with Gasteiger partial charge in [-0.25, -0.2) is 4.98 Å². The van der Waals surface area contributed by atoms with Crippen molar-refractivity contribution in [3.63, 3.8) is 0 Å². The molecule has 3 rings (SSSR count). The Kier molecular flexibility index (Phi) is 6.99. The van der Waals surface area contributed by atoms with Crippen LogP contribution >= 0.6 is 11.3 Å². The minimum absolute atomic E-state index is 0.0589. The fourth-order valence-corrected chi connectivity index (χ4v) is 3.45. The van der Waals surface area contributed by atoms with Crippen LogP contribution in [0.5, 0.6) is 0 Å². The topological polar surface area (TPSA) is 59.1 Å². The summed E-state index contributed by atoms with van der Waals surface area (Å²) >= 11 is 1.37. The van der Waals surface area contributed by atoms with Crippen LogP contribution in [0.4, 0.5) is 13.2 Å². The maximum absolute atomic E-state index is 12.7. The molecule has 0 fully saturated rings. The fourth-order valence-electron chi connectivity index (χ4n) is 2.90. The van der Waals surface area contributed by atoms with Gasteiger partial charge in [0.15, 0.2) is 5.78 Å². The van der Waals surface area contributed by atoms with Crippen LogP contribution in [0.15, 0.2) is 59.4 Å². The van der Waals surface area contributed by atoms with Gasteiger partial charge in [-0.05, 0) is 29.2 Å². The molecule has 1 N–H and O–H groups in total. The van der Waals surface area contributed by atoms with Crippen molar-refractivity contribution in [2.75, 3.05) is 6.54 Å². The van der Waals surface area contributed by atoms with Crippen molar-refractivity contribution in [3.05, 3.63) is 87.4 Å². The van der Waals surface area contributed by atoms with Gasteiger partial charge in [0.05, 0.1) is 17.5 Å². The average molecular weight is 432 g/mol. The highest BCUT2D eigenvalue weighted by molar-refractivity contribution is 7.07. The molecule has 0 radical (unpaired) electrons. The van der Waals surface area contributed by atoms with Crippen molar-refractivity contribution in [2.24, 2.45) is 0 Å². The molecular formula is C22H19F3N2O2S. The highest BCUT2D eigenvalue weighted by atomic mass is 32.1. The summed E-state index contributed by atoms with van der Waals surface area (Å²) in [5.74, 6) is -0.274. The zero-order valence-electron chi connectivity index (χ0n) is 15.9. The van der Waals surface area contributed by atoms with Crippen molar-refractivity contribution in [1.29, 1.82) is 0 Å². The number of amides is 1. The summed E-state index contributed by atoms with van der Waals surface area (Å²) in [6.07, 6.45) is -3.67. The molecule has 1 aromatic heterocycles. The first kappa shape index (κ1) is 21.7. The van der Waals surface area contributed by atoms with Crippen LogP contribution in [-0.2, 0) is 30.2 Å². The molecule has 0 atom stereocenters. The van der Waals surface area contributed by atoms with E-state index in [4.69, 9.17) is 0 Å². The molecule has 1 heterocycles. The van der Waals surface area contributed by atoms with Crippen LogP contribution in [0, 0.1) is 0 Å². The van der Waals surface area contributed by atoms with Gasteiger partial charge >= 0.3 is 6.18 Å². The van der Waals surface area contributed by atoms with Crippen LogP contribution in [0.3, 0.4) is 0 Å². The van der Waals surface area contributed by atoms with E-state index in [2.05, 4.69) is 10.3 Å². The summed E-state index contributed by atoms with van der Waals surface area (Å²) in [6.45, 7) is 0.250. The molecule has 1 amide bonds. The van der Waals surface area contributed by atoms with Crippen molar-refractivity contribution < 1.29 is 22.8 Å². The second-order valence-corrected chi connectivity index (χ2v) is 7.48. The van der Waals surface area contributed by atoms with Crippen LogP contribution in [-0.4, -0.2) is 23.2 Å². The van der Waals surface area contributed by atoms with Crippen molar-refractivity contribution >= 4 is 23.0 Å². The summed E-state index contributed by atoms with van der Waals surface area (Å²) < 4.78 is 38.2. The van der Waals surface area contributed by atoms with Crippen molar-refractivity contribution in [2.45, 2.75) is 25.4 Å². The normalized spacial score (nSPS) is 11.3. The number of hydrogen-bond acceptors (Lipinski definition) is 4. The second-order valence-electron chi connectivity index (χ2n) is 6.76. The predicted molar refractivity (Wildman–Crippen MR) is 108 cm³/mol. The molecule has 2 aromatic carbocycles. The number of ketones is 1. The number of thiazole rings is 1. The second kappa shape index (κ2) is 9.67. The van der Waals surface area contributed by atoms with E-state index in [0.717, 1.165) is 23.3 Å². The number of Topliss-reactive ketones (excluding diaryl/α,β-unsaturated/α-hetero) is 1. The number of halogens is 3. The third-order valence-corrected chi connectivity index (χ3v) is 5.05. The number of hydrogen-bond donors (Lipinski definition) is 1. The van der Waals surface area contributed by atoms with E-state index in [0.29, 0.717) is 17.7 Å². The number of aromatic nitrogens is 1. The smallest absolute Gasteiger partial charge is 0.355 e. The summed E-state index contributed by atoms with van der Waals surface area (Å²) in [5.41, 5.74) is 3.50. The van der Waals surface area contributed by atoms with Crippen molar-refractivity contribution in [3.8, 4) is 0 Å². The third kappa shape index (κ3) is 6.25. The molecular weight excluding hydrogens is 413 g/mol. The first-order chi connectivity index (χ1) is 14.3. The molecule has 0 aliphatic carbocycles. The standard InChI is InChI=1S/C22H19F3N2O2S/c23-22(24,25)18-3-1-2-15(10-18)8-9-26-21(29)12-17-6-4-16(5-7-17)11-20(28)19-13-30-14-27-19/h1-7,10,13-14H,8-9,11-12H2,(H,26,29). The lowest BCUT2D eigenvalue weighted by Gasteiger charge is -2.09. The van der Waals surface area contributed by atoms with E-state index in [-0.39, 0.29) is 31.1 Å². The monoisotopic (exact) mass is 432 g/mol. The Morgan fingerprint density at radius 3 is 2.30 bits per heavy atom. The Morgan fingerprint density at radius 2 is 1.67 bits per heavy atom. The van der Waals surface area contributed by atoms with Gasteiger partial charge in [0.25, 0.3) is 0 Å². The molecule has 0 bridgehead atoms. The van der Waals surface area contributed by atoms with Gasteiger partial charge in [-0.1, -0.05) is 42.5 Å². The Morgan fingerprint density at radius 1 is 0.967 bits per heavy atom. The number of carbonyl (C=O) groups excluding carboxylic acids is 2. The van der Waals surface area contributed by atoms with E-state index in [1.54, 1.807) is 41.2 Å². The molecule has 30 heavy (non-hydrogen) atoms. The summed E-state index contributed by atoms with van der Waals surface area (Å²) in [4.78, 5) is 28.2. The maximum Gasteiger partial charge on any atom is 0.416 e. The number of nitrogens with one attached hydrogen (secondary N) is 1. The van der Waals surface area contributed by atoms with Crippen LogP contribution in [0.25, 0.3) is 0 Å². The zero-order valence-corrected chi connectivity index (χ0v) is 16.7. The van der Waals surface area contributed by atoms with Crippen LogP contribution in [0.2, 0.25) is 0 Å². The van der Waals surface area contributed by atoms with Gasteiger partial charge < -0.3 is 5.32 Å². The summed E-state index contributed by atoms with van der Waals surface area (Å²) in [7, 11) is 0. The van der Waals surface area contributed by atoms with Crippen LogP contribution < -0.4 is 5.32 Å². The van der Waals surface area contributed by atoms with E-state index in [1.807, 2.05) is 0 Å².